The number of alkyl halides is 3. The van der Waals surface area contributed by atoms with E-state index in [0.29, 0.717) is 0 Å². The van der Waals surface area contributed by atoms with Gasteiger partial charge < -0.3 is 9.84 Å². The van der Waals surface area contributed by atoms with Crippen LogP contribution in [-0.4, -0.2) is 21.8 Å². The third kappa shape index (κ3) is 4.22. The van der Waals surface area contributed by atoms with E-state index in [1.807, 2.05) is 0 Å². The molecule has 0 aliphatic carbocycles. The first-order chi connectivity index (χ1) is 13.3. The van der Waals surface area contributed by atoms with Crippen molar-refractivity contribution in [2.24, 2.45) is 0 Å². The Hall–Kier alpha value is -3.56. The monoisotopic (exact) mass is 393 g/mol. The average Bonchev–Trinajstić information content (AvgIpc) is 3.17. The summed E-state index contributed by atoms with van der Waals surface area (Å²) >= 11 is 0. The summed E-state index contributed by atoms with van der Waals surface area (Å²) in [6, 6.07) is 11.2. The van der Waals surface area contributed by atoms with Crippen LogP contribution in [0.3, 0.4) is 0 Å². The third-order valence-corrected chi connectivity index (χ3v) is 3.66. The molecule has 1 heterocycles. The molecular weight excluding hydrogens is 382 g/mol. The molecule has 1 aromatic heterocycles. The van der Waals surface area contributed by atoms with Gasteiger partial charge in [-0.15, -0.1) is 0 Å². The fraction of sp³-hybridized carbons (Fsp3) is 0.111. The van der Waals surface area contributed by atoms with Crippen molar-refractivity contribution in [2.75, 3.05) is 0 Å². The number of amides is 1. The molecule has 144 valence electrons. The minimum absolute atomic E-state index is 0.0255. The molecule has 3 aromatic rings. The number of carbonyl (C=O) groups excluding carboxylic acids is 2. The second kappa shape index (κ2) is 7.59. The largest absolute Gasteiger partial charge is 0.471 e. The maximum absolute atomic E-state index is 14.2. The van der Waals surface area contributed by atoms with Gasteiger partial charge >= 0.3 is 12.1 Å². The van der Waals surface area contributed by atoms with E-state index in [0.717, 1.165) is 6.07 Å². The molecule has 0 aliphatic heterocycles. The van der Waals surface area contributed by atoms with Crippen LogP contribution < -0.4 is 5.32 Å². The number of carbonyl (C=O) groups is 2. The number of rotatable bonds is 5. The van der Waals surface area contributed by atoms with Crippen LogP contribution in [0.15, 0.2) is 53.1 Å². The Morgan fingerprint density at radius 2 is 1.79 bits per heavy atom. The predicted octanol–water partition coefficient (Wildman–Crippen LogP) is 3.39. The number of aromatic nitrogens is 2. The minimum Gasteiger partial charge on any atom is -0.345 e. The summed E-state index contributed by atoms with van der Waals surface area (Å²) < 4.78 is 55.8. The molecule has 0 spiro atoms. The first-order valence-corrected chi connectivity index (χ1v) is 7.83. The van der Waals surface area contributed by atoms with Crippen LogP contribution in [0.4, 0.5) is 17.6 Å². The van der Waals surface area contributed by atoms with E-state index in [-0.39, 0.29) is 23.2 Å². The smallest absolute Gasteiger partial charge is 0.345 e. The molecule has 0 atom stereocenters. The van der Waals surface area contributed by atoms with E-state index in [1.165, 1.54) is 24.3 Å². The van der Waals surface area contributed by atoms with Gasteiger partial charge in [-0.3, -0.25) is 9.59 Å². The lowest BCUT2D eigenvalue weighted by Gasteiger charge is -2.07. The van der Waals surface area contributed by atoms with Crippen LogP contribution >= 0.6 is 0 Å². The fourth-order valence-electron chi connectivity index (χ4n) is 2.26. The summed E-state index contributed by atoms with van der Waals surface area (Å²) in [5, 5.41) is 5.46. The predicted molar refractivity (Wildman–Crippen MR) is 87.3 cm³/mol. The van der Waals surface area contributed by atoms with Gasteiger partial charge in [0.25, 0.3) is 5.91 Å². The lowest BCUT2D eigenvalue weighted by atomic mass is 10.1. The number of nitrogens with zero attached hydrogens (tertiary/aromatic N) is 2. The quantitative estimate of drug-likeness (QED) is 0.408. The lowest BCUT2D eigenvalue weighted by molar-refractivity contribution is -0.159. The molecule has 1 amide bonds. The number of nitrogens with one attached hydrogen (secondary N) is 1. The van der Waals surface area contributed by atoms with Crippen molar-refractivity contribution in [2.45, 2.75) is 12.7 Å². The SMILES string of the molecule is O=C(NCc1ccc(-c2noc(C(F)(F)F)n2)cc1F)C(=O)c1ccccc1. The van der Waals surface area contributed by atoms with E-state index in [1.54, 1.807) is 18.2 Å². The molecule has 28 heavy (non-hydrogen) atoms. The van der Waals surface area contributed by atoms with Crippen molar-refractivity contribution in [1.82, 2.24) is 15.5 Å². The number of hydrogen-bond donors (Lipinski definition) is 1. The maximum atomic E-state index is 14.2. The average molecular weight is 393 g/mol. The van der Waals surface area contributed by atoms with Gasteiger partial charge in [0.2, 0.25) is 11.6 Å². The second-order valence-electron chi connectivity index (χ2n) is 5.60. The molecule has 0 unspecified atom stereocenters. The van der Waals surface area contributed by atoms with Gasteiger partial charge in [0.1, 0.15) is 5.82 Å². The molecule has 6 nitrogen and oxygen atoms in total. The summed E-state index contributed by atoms with van der Waals surface area (Å²) in [6.07, 6.45) is -4.81. The first-order valence-electron chi connectivity index (χ1n) is 7.83. The molecule has 1 N–H and O–H groups in total. The maximum Gasteiger partial charge on any atom is 0.471 e. The van der Waals surface area contributed by atoms with E-state index in [2.05, 4.69) is 20.0 Å². The van der Waals surface area contributed by atoms with Crippen LogP contribution in [-0.2, 0) is 17.5 Å². The zero-order valence-corrected chi connectivity index (χ0v) is 14.0. The van der Waals surface area contributed by atoms with Crippen molar-refractivity contribution in [3.63, 3.8) is 0 Å². The topological polar surface area (TPSA) is 85.1 Å². The van der Waals surface area contributed by atoms with Gasteiger partial charge in [0.05, 0.1) is 0 Å². The summed E-state index contributed by atoms with van der Waals surface area (Å²) in [4.78, 5) is 27.0. The van der Waals surface area contributed by atoms with E-state index in [4.69, 9.17) is 0 Å². The van der Waals surface area contributed by atoms with Crippen molar-refractivity contribution < 1.29 is 31.7 Å². The Balaban J connectivity index is 1.68. The summed E-state index contributed by atoms with van der Waals surface area (Å²) in [5.74, 6) is -4.48. The van der Waals surface area contributed by atoms with Gasteiger partial charge in [0, 0.05) is 23.2 Å². The number of benzene rings is 2. The van der Waals surface area contributed by atoms with Crippen molar-refractivity contribution in [1.29, 1.82) is 0 Å². The Labute approximate surface area is 155 Å². The van der Waals surface area contributed by atoms with Gasteiger partial charge in [-0.2, -0.15) is 18.2 Å². The minimum atomic E-state index is -4.81. The fourth-order valence-corrected chi connectivity index (χ4v) is 2.26. The number of halogens is 4. The zero-order valence-electron chi connectivity index (χ0n) is 14.0. The molecule has 2 aromatic carbocycles. The molecule has 0 saturated carbocycles. The highest BCUT2D eigenvalue weighted by Gasteiger charge is 2.38. The second-order valence-corrected chi connectivity index (χ2v) is 5.60. The van der Waals surface area contributed by atoms with Crippen LogP contribution in [0.1, 0.15) is 21.8 Å². The Morgan fingerprint density at radius 1 is 1.07 bits per heavy atom. The zero-order chi connectivity index (χ0) is 20.3. The van der Waals surface area contributed by atoms with Gasteiger partial charge in [0.15, 0.2) is 0 Å². The number of hydrogen-bond acceptors (Lipinski definition) is 5. The highest BCUT2D eigenvalue weighted by molar-refractivity contribution is 6.42. The van der Waals surface area contributed by atoms with Crippen molar-refractivity contribution in [3.05, 3.63) is 71.4 Å². The first kappa shape index (κ1) is 19.2. The number of Topliss-reactive ketones (excluding diaryl/α,β-unsaturated/α-hetero) is 1. The lowest BCUT2D eigenvalue weighted by Crippen LogP contribution is -2.30. The van der Waals surface area contributed by atoms with Crippen LogP contribution in [0.5, 0.6) is 0 Å². The summed E-state index contributed by atoms with van der Waals surface area (Å²) in [6.45, 7) is -0.288. The van der Waals surface area contributed by atoms with Crippen molar-refractivity contribution in [3.8, 4) is 11.4 Å². The standard InChI is InChI=1S/C18H11F4N3O3/c19-13-8-11(15-24-17(28-25-15)18(20,21)22)6-7-12(13)9-23-16(27)14(26)10-4-2-1-3-5-10/h1-8H,9H2,(H,23,27). The van der Waals surface area contributed by atoms with E-state index < -0.39 is 35.4 Å². The normalized spacial score (nSPS) is 11.3. The van der Waals surface area contributed by atoms with Crippen LogP contribution in [0.2, 0.25) is 0 Å². The molecule has 0 bridgehead atoms. The van der Waals surface area contributed by atoms with Crippen LogP contribution in [0, 0.1) is 5.82 Å². The Bertz CT molecular complexity index is 1020. The van der Waals surface area contributed by atoms with Gasteiger partial charge in [-0.25, -0.2) is 4.39 Å². The van der Waals surface area contributed by atoms with E-state index in [9.17, 15) is 27.2 Å². The number of ketones is 1. The molecule has 3 rings (SSSR count). The Morgan fingerprint density at radius 3 is 2.39 bits per heavy atom. The molecule has 0 saturated heterocycles. The van der Waals surface area contributed by atoms with Gasteiger partial charge in [-0.05, 0) is 6.07 Å². The molecule has 10 heteroatoms. The molecule has 0 aliphatic rings. The van der Waals surface area contributed by atoms with E-state index >= 15 is 0 Å². The molecule has 0 radical (unpaired) electrons. The van der Waals surface area contributed by atoms with Crippen molar-refractivity contribution >= 4 is 11.7 Å². The highest BCUT2D eigenvalue weighted by Crippen LogP contribution is 2.29. The molecular formula is C18H11F4N3O3. The van der Waals surface area contributed by atoms with Gasteiger partial charge in [-0.1, -0.05) is 47.6 Å². The summed E-state index contributed by atoms with van der Waals surface area (Å²) in [5.41, 5.74) is 0.179. The molecule has 0 fully saturated rings. The highest BCUT2D eigenvalue weighted by atomic mass is 19.4. The van der Waals surface area contributed by atoms with Crippen LogP contribution in [0.25, 0.3) is 11.4 Å². The Kier molecular flexibility index (Phi) is 5.21. The summed E-state index contributed by atoms with van der Waals surface area (Å²) in [7, 11) is 0. The third-order valence-electron chi connectivity index (χ3n) is 3.66.